The van der Waals surface area contributed by atoms with Crippen LogP contribution in [0.15, 0.2) is 47.9 Å². The normalized spacial score (nSPS) is 15.5. The van der Waals surface area contributed by atoms with Crippen molar-refractivity contribution in [2.45, 2.75) is 6.92 Å². The lowest BCUT2D eigenvalue weighted by Gasteiger charge is -2.30. The first-order chi connectivity index (χ1) is 11.2. The van der Waals surface area contributed by atoms with Crippen molar-refractivity contribution in [2.24, 2.45) is 0 Å². The summed E-state index contributed by atoms with van der Waals surface area (Å²) in [5.74, 6) is 0. The molecule has 5 heteroatoms. The number of rotatable bonds is 4. The van der Waals surface area contributed by atoms with E-state index < -0.39 is 0 Å². The van der Waals surface area contributed by atoms with Crippen LogP contribution in [-0.2, 0) is 4.74 Å². The molecule has 0 aliphatic carbocycles. The smallest absolute Gasteiger partial charge is 0.105 e. The Balaban J connectivity index is 1.79. The molecule has 2 heterocycles. The largest absolute Gasteiger partial charge is 0.378 e. The Kier molecular flexibility index (Phi) is 5.43. The van der Waals surface area contributed by atoms with Gasteiger partial charge in [0.1, 0.15) is 4.99 Å². The van der Waals surface area contributed by atoms with Crippen LogP contribution < -0.4 is 5.32 Å². The number of aryl methyl sites for hydroxylation is 1. The molecule has 3 nitrogen and oxygen atoms in total. The molecule has 1 aromatic carbocycles. The third kappa shape index (κ3) is 4.41. The van der Waals surface area contributed by atoms with Crippen LogP contribution in [-0.4, -0.2) is 36.2 Å². The predicted molar refractivity (Wildman–Crippen MR) is 102 cm³/mol. The number of thiocarbonyl (C=S) groups is 1. The Morgan fingerprint density at radius 3 is 2.61 bits per heavy atom. The summed E-state index contributed by atoms with van der Waals surface area (Å²) < 4.78 is 5.47. The van der Waals surface area contributed by atoms with Crippen molar-refractivity contribution in [3.8, 4) is 0 Å². The molecule has 2 aromatic rings. The molecule has 3 rings (SSSR count). The van der Waals surface area contributed by atoms with Crippen molar-refractivity contribution in [3.63, 3.8) is 0 Å². The molecule has 1 aromatic heterocycles. The van der Waals surface area contributed by atoms with Crippen LogP contribution in [0.4, 0.5) is 5.69 Å². The second kappa shape index (κ2) is 7.73. The molecule has 0 spiro atoms. The van der Waals surface area contributed by atoms with Crippen LogP contribution in [0.1, 0.15) is 10.4 Å². The van der Waals surface area contributed by atoms with E-state index in [0.29, 0.717) is 0 Å². The van der Waals surface area contributed by atoms with E-state index in [0.717, 1.165) is 37.0 Å². The molecule has 0 saturated carbocycles. The molecule has 120 valence electrons. The maximum Gasteiger partial charge on any atom is 0.105 e. The monoisotopic (exact) mass is 344 g/mol. The summed E-state index contributed by atoms with van der Waals surface area (Å²) in [7, 11) is 0. The van der Waals surface area contributed by atoms with Crippen molar-refractivity contribution < 1.29 is 4.74 Å². The third-order valence-electron chi connectivity index (χ3n) is 3.71. The fourth-order valence-corrected chi connectivity index (χ4v) is 3.49. The molecule has 0 radical (unpaired) electrons. The number of nitrogens with one attached hydrogen (secondary N) is 1. The summed E-state index contributed by atoms with van der Waals surface area (Å²) in [6.45, 7) is 5.41. The molecule has 0 atom stereocenters. The molecule has 1 fully saturated rings. The molecule has 1 N–H and O–H groups in total. The molecule has 23 heavy (non-hydrogen) atoms. The van der Waals surface area contributed by atoms with E-state index in [9.17, 15) is 0 Å². The highest BCUT2D eigenvalue weighted by molar-refractivity contribution is 7.81. The Morgan fingerprint density at radius 1 is 1.22 bits per heavy atom. The van der Waals surface area contributed by atoms with E-state index in [-0.39, 0.29) is 0 Å². The lowest BCUT2D eigenvalue weighted by Crippen LogP contribution is -2.35. The predicted octanol–water partition coefficient (Wildman–Crippen LogP) is 4.17. The maximum absolute atomic E-state index is 5.55. The molecular weight excluding hydrogens is 324 g/mol. The summed E-state index contributed by atoms with van der Waals surface area (Å²) in [6, 6.07) is 12.5. The number of benzene rings is 1. The second-order valence-corrected chi connectivity index (χ2v) is 6.85. The first-order valence-corrected chi connectivity index (χ1v) is 8.97. The van der Waals surface area contributed by atoms with E-state index in [1.54, 1.807) is 11.3 Å². The zero-order valence-corrected chi connectivity index (χ0v) is 14.8. The second-order valence-electron chi connectivity index (χ2n) is 5.46. The van der Waals surface area contributed by atoms with Crippen LogP contribution in [0, 0.1) is 6.92 Å². The van der Waals surface area contributed by atoms with Gasteiger partial charge >= 0.3 is 0 Å². The van der Waals surface area contributed by atoms with Crippen LogP contribution in [0.2, 0.25) is 0 Å². The number of anilines is 1. The van der Waals surface area contributed by atoms with Gasteiger partial charge in [-0.15, -0.1) is 11.3 Å². The highest BCUT2D eigenvalue weighted by atomic mass is 32.1. The number of morpholine rings is 1. The Labute approximate surface area is 146 Å². The van der Waals surface area contributed by atoms with Crippen LogP contribution in [0.25, 0.3) is 5.70 Å². The van der Waals surface area contributed by atoms with Crippen LogP contribution in [0.5, 0.6) is 0 Å². The quantitative estimate of drug-likeness (QED) is 0.665. The summed E-state index contributed by atoms with van der Waals surface area (Å²) in [5.41, 5.74) is 3.43. The Hall–Kier alpha value is -1.69. The van der Waals surface area contributed by atoms with Gasteiger partial charge in [0, 0.05) is 18.8 Å². The lowest BCUT2D eigenvalue weighted by molar-refractivity contribution is 0.0641. The van der Waals surface area contributed by atoms with E-state index in [1.807, 2.05) is 0 Å². The molecule has 0 unspecified atom stereocenters. The summed E-state index contributed by atoms with van der Waals surface area (Å²) in [4.78, 5) is 4.31. The first-order valence-electron chi connectivity index (χ1n) is 7.68. The highest BCUT2D eigenvalue weighted by Crippen LogP contribution is 2.25. The maximum atomic E-state index is 5.55. The topological polar surface area (TPSA) is 24.5 Å². The van der Waals surface area contributed by atoms with Crippen molar-refractivity contribution in [1.82, 2.24) is 4.90 Å². The van der Waals surface area contributed by atoms with Crippen molar-refractivity contribution in [2.75, 3.05) is 31.6 Å². The minimum absolute atomic E-state index is 0.726. The van der Waals surface area contributed by atoms with E-state index in [2.05, 4.69) is 65.0 Å². The average molecular weight is 345 g/mol. The molecule has 0 amide bonds. The fourth-order valence-electron chi connectivity index (χ4n) is 2.49. The van der Waals surface area contributed by atoms with Gasteiger partial charge in [-0.25, -0.2) is 0 Å². The number of nitrogens with zero attached hydrogens (tertiary/aromatic N) is 1. The van der Waals surface area contributed by atoms with Gasteiger partial charge in [0.15, 0.2) is 0 Å². The van der Waals surface area contributed by atoms with Gasteiger partial charge in [0.2, 0.25) is 0 Å². The number of hydrogen-bond acceptors (Lipinski definition) is 4. The number of hydrogen-bond donors (Lipinski definition) is 1. The molecule has 1 saturated heterocycles. The van der Waals surface area contributed by atoms with E-state index >= 15 is 0 Å². The molecular formula is C18H20N2OS2. The van der Waals surface area contributed by atoms with Crippen molar-refractivity contribution in [3.05, 3.63) is 58.3 Å². The van der Waals surface area contributed by atoms with E-state index in [4.69, 9.17) is 17.0 Å². The molecule has 0 bridgehead atoms. The zero-order chi connectivity index (χ0) is 16.1. The van der Waals surface area contributed by atoms with E-state index in [1.165, 1.54) is 16.1 Å². The Bertz CT molecular complexity index is 672. The zero-order valence-electron chi connectivity index (χ0n) is 13.1. The minimum Gasteiger partial charge on any atom is -0.378 e. The summed E-state index contributed by atoms with van der Waals surface area (Å²) in [5, 5.41) is 5.40. The van der Waals surface area contributed by atoms with Gasteiger partial charge in [-0.05, 0) is 36.6 Å². The number of thiophene rings is 1. The third-order valence-corrected chi connectivity index (χ3v) is 4.82. The molecule has 1 aliphatic rings. The van der Waals surface area contributed by atoms with Gasteiger partial charge in [0.05, 0.1) is 23.8 Å². The van der Waals surface area contributed by atoms with Gasteiger partial charge in [-0.1, -0.05) is 36.0 Å². The van der Waals surface area contributed by atoms with Gasteiger partial charge in [0.25, 0.3) is 0 Å². The highest BCUT2D eigenvalue weighted by Gasteiger charge is 2.16. The SMILES string of the molecule is Cc1ccc(NC(=S)C=C(c2cccs2)N2CCOCC2)cc1. The van der Waals surface area contributed by atoms with Gasteiger partial charge in [-0.2, -0.15) is 0 Å². The van der Waals surface area contributed by atoms with Crippen LogP contribution >= 0.6 is 23.6 Å². The van der Waals surface area contributed by atoms with Crippen LogP contribution in [0.3, 0.4) is 0 Å². The minimum atomic E-state index is 0.726. The summed E-state index contributed by atoms with van der Waals surface area (Å²) >= 11 is 7.28. The van der Waals surface area contributed by atoms with Crippen molar-refractivity contribution >= 4 is 39.9 Å². The lowest BCUT2D eigenvalue weighted by atomic mass is 10.2. The standard InChI is InChI=1S/C18H20N2OS2/c1-14-4-6-15(7-5-14)19-18(22)13-16(17-3-2-12-23-17)20-8-10-21-11-9-20/h2-7,12-13H,8-11H2,1H3,(H,19,22). The Morgan fingerprint density at radius 2 is 1.96 bits per heavy atom. The average Bonchev–Trinajstić information content (AvgIpc) is 3.10. The number of ether oxygens (including phenoxy) is 1. The first kappa shape index (κ1) is 16.2. The van der Waals surface area contributed by atoms with Gasteiger partial charge in [-0.3, -0.25) is 0 Å². The van der Waals surface area contributed by atoms with Crippen molar-refractivity contribution in [1.29, 1.82) is 0 Å². The fraction of sp³-hybridized carbons (Fsp3) is 0.278. The summed E-state index contributed by atoms with van der Waals surface area (Å²) in [6.07, 6.45) is 2.06. The molecule has 1 aliphatic heterocycles. The van der Waals surface area contributed by atoms with Gasteiger partial charge < -0.3 is 15.0 Å².